The molecule has 2 aromatic carbocycles. The van der Waals surface area contributed by atoms with Crippen molar-refractivity contribution in [1.82, 2.24) is 4.90 Å². The third-order valence-corrected chi connectivity index (χ3v) is 4.70. The van der Waals surface area contributed by atoms with Crippen molar-refractivity contribution in [1.29, 1.82) is 0 Å². The largest absolute Gasteiger partial charge is 0.497 e. The molecule has 26 heavy (non-hydrogen) atoms. The quantitative estimate of drug-likeness (QED) is 0.738. The maximum absolute atomic E-state index is 12.9. The molecule has 0 spiro atoms. The number of para-hydroxylation sites is 1. The van der Waals surface area contributed by atoms with E-state index in [0.29, 0.717) is 12.5 Å². The standard InChI is InChI=1S/C22H26N2O2/c1-26-21-14-12-19(13-15-21)17-24(16-18-8-4-2-5-9-18)22(25)23-20-10-6-3-7-11-20/h2-4,6-7,10-15,18H,5,8-9,16-17H2,1H3,(H,23,25). The molecule has 0 saturated heterocycles. The molecule has 1 unspecified atom stereocenters. The highest BCUT2D eigenvalue weighted by molar-refractivity contribution is 5.89. The van der Waals surface area contributed by atoms with Crippen LogP contribution in [0.25, 0.3) is 0 Å². The number of anilines is 1. The fourth-order valence-electron chi connectivity index (χ4n) is 3.23. The Balaban J connectivity index is 1.71. The SMILES string of the molecule is COc1ccc(CN(CC2CC=CCC2)C(=O)Nc2ccccc2)cc1. The highest BCUT2D eigenvalue weighted by Crippen LogP contribution is 2.22. The van der Waals surface area contributed by atoms with Crippen LogP contribution < -0.4 is 10.1 Å². The molecule has 2 amide bonds. The Kier molecular flexibility index (Phi) is 6.31. The predicted octanol–water partition coefficient (Wildman–Crippen LogP) is 5.09. The predicted molar refractivity (Wildman–Crippen MR) is 105 cm³/mol. The summed E-state index contributed by atoms with van der Waals surface area (Å²) in [5, 5.41) is 3.02. The number of nitrogens with zero attached hydrogens (tertiary/aromatic N) is 1. The number of urea groups is 1. The van der Waals surface area contributed by atoms with Gasteiger partial charge in [-0.05, 0) is 55.0 Å². The lowest BCUT2D eigenvalue weighted by Gasteiger charge is -2.28. The first-order valence-electron chi connectivity index (χ1n) is 9.13. The fraction of sp³-hybridized carbons (Fsp3) is 0.318. The summed E-state index contributed by atoms with van der Waals surface area (Å²) in [6.45, 7) is 1.35. The third-order valence-electron chi connectivity index (χ3n) is 4.70. The molecule has 0 aromatic heterocycles. The van der Waals surface area contributed by atoms with Gasteiger partial charge in [0.25, 0.3) is 0 Å². The van der Waals surface area contributed by atoms with Gasteiger partial charge in [0.15, 0.2) is 0 Å². The molecule has 1 aliphatic rings. The van der Waals surface area contributed by atoms with Crippen LogP contribution in [0.3, 0.4) is 0 Å². The van der Waals surface area contributed by atoms with Crippen LogP contribution in [0.5, 0.6) is 5.75 Å². The number of amides is 2. The molecule has 0 bridgehead atoms. The molecular formula is C22H26N2O2. The highest BCUT2D eigenvalue weighted by atomic mass is 16.5. The molecule has 0 saturated carbocycles. The van der Waals surface area contributed by atoms with Crippen molar-refractivity contribution >= 4 is 11.7 Å². The molecule has 1 atom stereocenters. The maximum Gasteiger partial charge on any atom is 0.322 e. The summed E-state index contributed by atoms with van der Waals surface area (Å²) in [7, 11) is 1.66. The topological polar surface area (TPSA) is 41.6 Å². The van der Waals surface area contributed by atoms with Crippen molar-refractivity contribution in [2.24, 2.45) is 5.92 Å². The summed E-state index contributed by atoms with van der Waals surface area (Å²) in [5.41, 5.74) is 1.92. The van der Waals surface area contributed by atoms with Crippen LogP contribution in [0.15, 0.2) is 66.7 Å². The van der Waals surface area contributed by atoms with Crippen LogP contribution in [0, 0.1) is 5.92 Å². The van der Waals surface area contributed by atoms with Gasteiger partial charge in [-0.15, -0.1) is 0 Å². The number of carbonyl (C=O) groups excluding carboxylic acids is 1. The number of carbonyl (C=O) groups is 1. The molecule has 1 N–H and O–H groups in total. The summed E-state index contributed by atoms with van der Waals surface area (Å²) in [6, 6.07) is 17.5. The van der Waals surface area contributed by atoms with Crippen molar-refractivity contribution in [3.8, 4) is 5.75 Å². The molecule has 136 valence electrons. The van der Waals surface area contributed by atoms with E-state index in [2.05, 4.69) is 17.5 Å². The molecule has 1 aliphatic carbocycles. The first kappa shape index (κ1) is 18.1. The van der Waals surface area contributed by atoms with Crippen LogP contribution >= 0.6 is 0 Å². The van der Waals surface area contributed by atoms with Crippen LogP contribution in [-0.4, -0.2) is 24.6 Å². The van der Waals surface area contributed by atoms with E-state index in [-0.39, 0.29) is 6.03 Å². The van der Waals surface area contributed by atoms with E-state index in [1.807, 2.05) is 59.5 Å². The Morgan fingerprint density at radius 2 is 1.88 bits per heavy atom. The minimum absolute atomic E-state index is 0.0541. The first-order chi connectivity index (χ1) is 12.7. The molecule has 3 rings (SSSR count). The third kappa shape index (κ3) is 5.12. The van der Waals surface area contributed by atoms with Crippen molar-refractivity contribution in [2.75, 3.05) is 19.0 Å². The van der Waals surface area contributed by atoms with Crippen LogP contribution in [0.1, 0.15) is 24.8 Å². The molecular weight excluding hydrogens is 324 g/mol. The second-order valence-corrected chi connectivity index (χ2v) is 6.68. The van der Waals surface area contributed by atoms with E-state index >= 15 is 0 Å². The fourth-order valence-corrected chi connectivity index (χ4v) is 3.23. The molecule has 2 aromatic rings. The summed E-state index contributed by atoms with van der Waals surface area (Å²) in [4.78, 5) is 14.8. The van der Waals surface area contributed by atoms with Crippen molar-refractivity contribution < 1.29 is 9.53 Å². The zero-order valence-corrected chi connectivity index (χ0v) is 15.2. The molecule has 4 nitrogen and oxygen atoms in total. The maximum atomic E-state index is 12.9. The van der Waals surface area contributed by atoms with E-state index < -0.39 is 0 Å². The highest BCUT2D eigenvalue weighted by Gasteiger charge is 2.20. The minimum Gasteiger partial charge on any atom is -0.497 e. The number of rotatable bonds is 6. The Morgan fingerprint density at radius 1 is 1.12 bits per heavy atom. The number of hydrogen-bond donors (Lipinski definition) is 1. The average molecular weight is 350 g/mol. The number of benzene rings is 2. The zero-order valence-electron chi connectivity index (χ0n) is 15.2. The van der Waals surface area contributed by atoms with Gasteiger partial charge in [0.1, 0.15) is 5.75 Å². The Labute approximate surface area is 155 Å². The Morgan fingerprint density at radius 3 is 2.54 bits per heavy atom. The number of hydrogen-bond acceptors (Lipinski definition) is 2. The molecule has 0 heterocycles. The minimum atomic E-state index is -0.0541. The van der Waals surface area contributed by atoms with Crippen molar-refractivity contribution in [2.45, 2.75) is 25.8 Å². The number of ether oxygens (including phenoxy) is 1. The van der Waals surface area contributed by atoms with Gasteiger partial charge < -0.3 is 15.0 Å². The van der Waals surface area contributed by atoms with Crippen molar-refractivity contribution in [3.63, 3.8) is 0 Å². The first-order valence-corrected chi connectivity index (χ1v) is 9.13. The van der Waals surface area contributed by atoms with E-state index in [9.17, 15) is 4.79 Å². The second kappa shape index (κ2) is 9.09. The normalized spacial score (nSPS) is 16.1. The smallest absolute Gasteiger partial charge is 0.322 e. The lowest BCUT2D eigenvalue weighted by Crippen LogP contribution is -2.38. The van der Waals surface area contributed by atoms with Gasteiger partial charge in [-0.1, -0.05) is 42.5 Å². The molecule has 0 aliphatic heterocycles. The zero-order chi connectivity index (χ0) is 18.2. The monoisotopic (exact) mass is 350 g/mol. The van der Waals surface area contributed by atoms with Gasteiger partial charge >= 0.3 is 6.03 Å². The Bertz CT molecular complexity index is 726. The lowest BCUT2D eigenvalue weighted by molar-refractivity contribution is 0.195. The van der Waals surface area contributed by atoms with Gasteiger partial charge in [0.05, 0.1) is 7.11 Å². The van der Waals surface area contributed by atoms with Crippen molar-refractivity contribution in [3.05, 3.63) is 72.3 Å². The summed E-state index contributed by atoms with van der Waals surface area (Å²) >= 11 is 0. The Hall–Kier alpha value is -2.75. The van der Waals surface area contributed by atoms with Crippen LogP contribution in [-0.2, 0) is 6.54 Å². The summed E-state index contributed by atoms with van der Waals surface area (Å²) in [6.07, 6.45) is 7.73. The van der Waals surface area contributed by atoms with Crippen LogP contribution in [0.2, 0.25) is 0 Å². The van der Waals surface area contributed by atoms with Gasteiger partial charge in [0.2, 0.25) is 0 Å². The molecule has 0 fully saturated rings. The average Bonchev–Trinajstić information content (AvgIpc) is 2.69. The number of methoxy groups -OCH3 is 1. The van der Waals surface area contributed by atoms with Gasteiger partial charge in [-0.25, -0.2) is 4.79 Å². The molecule has 4 heteroatoms. The summed E-state index contributed by atoms with van der Waals surface area (Å²) < 4.78 is 5.22. The number of allylic oxidation sites excluding steroid dienone is 2. The molecule has 0 radical (unpaired) electrons. The van der Waals surface area contributed by atoms with Gasteiger partial charge in [-0.3, -0.25) is 0 Å². The van der Waals surface area contributed by atoms with E-state index in [4.69, 9.17) is 4.74 Å². The second-order valence-electron chi connectivity index (χ2n) is 6.68. The summed E-state index contributed by atoms with van der Waals surface area (Å²) in [5.74, 6) is 1.34. The van der Waals surface area contributed by atoms with E-state index in [1.165, 1.54) is 0 Å². The van der Waals surface area contributed by atoms with Gasteiger partial charge in [0, 0.05) is 18.8 Å². The van der Waals surface area contributed by atoms with E-state index in [1.54, 1.807) is 7.11 Å². The van der Waals surface area contributed by atoms with Crippen LogP contribution in [0.4, 0.5) is 10.5 Å². The van der Waals surface area contributed by atoms with E-state index in [0.717, 1.165) is 42.8 Å². The number of nitrogens with one attached hydrogen (secondary N) is 1. The van der Waals surface area contributed by atoms with Gasteiger partial charge in [-0.2, -0.15) is 0 Å². The lowest BCUT2D eigenvalue weighted by atomic mass is 9.94.